The summed E-state index contributed by atoms with van der Waals surface area (Å²) in [5.41, 5.74) is 5.48. The lowest BCUT2D eigenvalue weighted by atomic mass is 9.87. The fourth-order valence-electron chi connectivity index (χ4n) is 4.05. The maximum absolute atomic E-state index is 12.4. The van der Waals surface area contributed by atoms with Crippen molar-refractivity contribution >= 4 is 22.6 Å². The smallest absolute Gasteiger partial charge is 0.227 e. The molecule has 1 aromatic carbocycles. The van der Waals surface area contributed by atoms with Crippen molar-refractivity contribution in [2.45, 2.75) is 46.1 Å². The van der Waals surface area contributed by atoms with Crippen LogP contribution >= 0.6 is 0 Å². The lowest BCUT2D eigenvalue weighted by Gasteiger charge is -2.21. The third kappa shape index (κ3) is 3.24. The summed E-state index contributed by atoms with van der Waals surface area (Å²) in [6.45, 7) is 5.19. The van der Waals surface area contributed by atoms with Gasteiger partial charge in [-0.2, -0.15) is 0 Å². The highest BCUT2D eigenvalue weighted by Crippen LogP contribution is 2.35. The van der Waals surface area contributed by atoms with E-state index in [1.807, 2.05) is 18.2 Å². The van der Waals surface area contributed by atoms with Crippen LogP contribution in [0.1, 0.15) is 36.6 Å². The quantitative estimate of drug-likeness (QED) is 0.755. The van der Waals surface area contributed by atoms with E-state index in [9.17, 15) is 4.79 Å². The average molecular weight is 347 g/mol. The summed E-state index contributed by atoms with van der Waals surface area (Å²) >= 11 is 0. The minimum Gasteiger partial charge on any atom is -0.344 e. The van der Waals surface area contributed by atoms with Crippen molar-refractivity contribution in [3.63, 3.8) is 0 Å². The predicted molar refractivity (Wildman–Crippen MR) is 105 cm³/mol. The number of aromatic nitrogens is 2. The Morgan fingerprint density at radius 1 is 1.31 bits per heavy atom. The van der Waals surface area contributed by atoms with E-state index in [0.717, 1.165) is 18.8 Å². The maximum atomic E-state index is 12.4. The molecule has 1 amide bonds. The van der Waals surface area contributed by atoms with Crippen molar-refractivity contribution in [1.29, 1.82) is 0 Å². The fraction of sp³-hybridized carbons (Fsp3) is 0.364. The highest BCUT2D eigenvalue weighted by atomic mass is 16.1. The van der Waals surface area contributed by atoms with Crippen LogP contribution in [0.3, 0.4) is 0 Å². The molecule has 0 radical (unpaired) electrons. The Morgan fingerprint density at radius 2 is 2.19 bits per heavy atom. The molecule has 0 bridgehead atoms. The molecule has 0 spiro atoms. The highest BCUT2D eigenvalue weighted by Gasteiger charge is 2.23. The summed E-state index contributed by atoms with van der Waals surface area (Å²) in [4.78, 5) is 16.5. The summed E-state index contributed by atoms with van der Waals surface area (Å²) in [6.07, 6.45) is 5.61. The standard InChI is InChI=1S/C22H25N3O/c1-15-6-8-19-17(13-15)18-14-16(2)7-9-20(18)25(19)12-10-22(26)24-21-5-3-4-11-23-21/h3-6,8,11,13,16H,7,9-10,12,14H2,1-2H3,(H,23,24,26). The zero-order chi connectivity index (χ0) is 18.1. The van der Waals surface area contributed by atoms with Gasteiger partial charge in [0.05, 0.1) is 0 Å². The number of benzene rings is 1. The molecule has 26 heavy (non-hydrogen) atoms. The van der Waals surface area contributed by atoms with Crippen LogP contribution < -0.4 is 5.32 Å². The van der Waals surface area contributed by atoms with Crippen LogP contribution in [0.4, 0.5) is 5.82 Å². The van der Waals surface area contributed by atoms with Crippen molar-refractivity contribution in [2.75, 3.05) is 5.32 Å². The number of pyridine rings is 1. The van der Waals surface area contributed by atoms with Crippen LogP contribution in [0, 0.1) is 12.8 Å². The second kappa shape index (κ2) is 6.94. The van der Waals surface area contributed by atoms with Gasteiger partial charge < -0.3 is 9.88 Å². The molecule has 4 heteroatoms. The Kier molecular flexibility index (Phi) is 4.49. The molecule has 1 atom stereocenters. The molecule has 1 aliphatic rings. The van der Waals surface area contributed by atoms with E-state index in [4.69, 9.17) is 0 Å². The molecule has 0 fully saturated rings. The van der Waals surface area contributed by atoms with Gasteiger partial charge in [-0.1, -0.05) is 24.6 Å². The van der Waals surface area contributed by atoms with Gasteiger partial charge in [0.15, 0.2) is 0 Å². The molecule has 0 saturated carbocycles. The van der Waals surface area contributed by atoms with Crippen LogP contribution in [0.2, 0.25) is 0 Å². The van der Waals surface area contributed by atoms with Crippen molar-refractivity contribution in [2.24, 2.45) is 5.92 Å². The van der Waals surface area contributed by atoms with Gasteiger partial charge >= 0.3 is 0 Å². The van der Waals surface area contributed by atoms with Gasteiger partial charge in [-0.05, 0) is 61.9 Å². The highest BCUT2D eigenvalue weighted by molar-refractivity contribution is 5.90. The number of hydrogen-bond donors (Lipinski definition) is 1. The lowest BCUT2D eigenvalue weighted by molar-refractivity contribution is -0.116. The largest absolute Gasteiger partial charge is 0.344 e. The third-order valence-corrected chi connectivity index (χ3v) is 5.36. The first-order valence-corrected chi connectivity index (χ1v) is 9.43. The van der Waals surface area contributed by atoms with Crippen LogP contribution in [0.5, 0.6) is 0 Å². The molecule has 134 valence electrons. The Balaban J connectivity index is 1.59. The van der Waals surface area contributed by atoms with Gasteiger partial charge in [0, 0.05) is 35.8 Å². The van der Waals surface area contributed by atoms with Crippen molar-refractivity contribution in [1.82, 2.24) is 9.55 Å². The number of carbonyl (C=O) groups is 1. The van der Waals surface area contributed by atoms with E-state index in [2.05, 4.69) is 46.9 Å². The summed E-state index contributed by atoms with van der Waals surface area (Å²) in [5, 5.41) is 4.26. The molecule has 1 aliphatic carbocycles. The van der Waals surface area contributed by atoms with E-state index >= 15 is 0 Å². The third-order valence-electron chi connectivity index (χ3n) is 5.36. The number of amides is 1. The van der Waals surface area contributed by atoms with Crippen molar-refractivity contribution < 1.29 is 4.79 Å². The minimum atomic E-state index is 0.00980. The topological polar surface area (TPSA) is 46.9 Å². The zero-order valence-corrected chi connectivity index (χ0v) is 15.5. The minimum absolute atomic E-state index is 0.00980. The number of nitrogens with zero attached hydrogens (tertiary/aromatic N) is 2. The Labute approximate surface area is 154 Å². The number of hydrogen-bond acceptors (Lipinski definition) is 2. The summed E-state index contributed by atoms with van der Waals surface area (Å²) in [5.74, 6) is 1.35. The molecule has 0 saturated heterocycles. The summed E-state index contributed by atoms with van der Waals surface area (Å²) in [6, 6.07) is 12.2. The molecule has 2 heterocycles. The first-order chi connectivity index (χ1) is 12.6. The van der Waals surface area contributed by atoms with Gasteiger partial charge in [-0.15, -0.1) is 0 Å². The van der Waals surface area contributed by atoms with Crippen LogP contribution in [-0.2, 0) is 24.2 Å². The van der Waals surface area contributed by atoms with Crippen LogP contribution in [-0.4, -0.2) is 15.5 Å². The van der Waals surface area contributed by atoms with Gasteiger partial charge in [0.25, 0.3) is 0 Å². The number of aryl methyl sites for hydroxylation is 2. The molecule has 2 aromatic heterocycles. The van der Waals surface area contributed by atoms with E-state index in [-0.39, 0.29) is 5.91 Å². The Morgan fingerprint density at radius 3 is 3.00 bits per heavy atom. The van der Waals surface area contributed by atoms with Crippen molar-refractivity contribution in [3.8, 4) is 0 Å². The van der Waals surface area contributed by atoms with E-state index in [1.54, 1.807) is 6.20 Å². The Bertz CT molecular complexity index is 943. The molecule has 1 unspecified atom stereocenters. The van der Waals surface area contributed by atoms with Crippen molar-refractivity contribution in [3.05, 3.63) is 59.4 Å². The van der Waals surface area contributed by atoms with Crippen LogP contribution in [0.15, 0.2) is 42.6 Å². The fourth-order valence-corrected chi connectivity index (χ4v) is 4.05. The molecule has 1 N–H and O–H groups in total. The molecule has 4 nitrogen and oxygen atoms in total. The number of nitrogens with one attached hydrogen (secondary N) is 1. The molecule has 4 rings (SSSR count). The molecule has 0 aliphatic heterocycles. The summed E-state index contributed by atoms with van der Waals surface area (Å²) < 4.78 is 2.37. The molecule has 3 aromatic rings. The second-order valence-electron chi connectivity index (χ2n) is 7.46. The first kappa shape index (κ1) is 16.8. The van der Waals surface area contributed by atoms with Crippen LogP contribution in [0.25, 0.3) is 10.9 Å². The monoisotopic (exact) mass is 347 g/mol. The van der Waals surface area contributed by atoms with E-state index in [1.165, 1.54) is 34.1 Å². The van der Waals surface area contributed by atoms with E-state index < -0.39 is 0 Å². The number of carbonyl (C=O) groups excluding carboxylic acids is 1. The predicted octanol–water partition coefficient (Wildman–Crippen LogP) is 4.50. The van der Waals surface area contributed by atoms with Gasteiger partial charge in [-0.25, -0.2) is 4.98 Å². The first-order valence-electron chi connectivity index (χ1n) is 9.43. The normalized spacial score (nSPS) is 16.5. The number of anilines is 1. The van der Waals surface area contributed by atoms with Gasteiger partial charge in [0.1, 0.15) is 5.82 Å². The van der Waals surface area contributed by atoms with Gasteiger partial charge in [-0.3, -0.25) is 4.79 Å². The average Bonchev–Trinajstić information content (AvgIpc) is 2.93. The number of rotatable bonds is 4. The second-order valence-corrected chi connectivity index (χ2v) is 7.46. The van der Waals surface area contributed by atoms with E-state index in [0.29, 0.717) is 18.8 Å². The zero-order valence-electron chi connectivity index (χ0n) is 15.5. The summed E-state index contributed by atoms with van der Waals surface area (Å²) in [7, 11) is 0. The number of fused-ring (bicyclic) bond motifs is 3. The molecular formula is C22H25N3O. The SMILES string of the molecule is Cc1ccc2c(c1)c1c(n2CCC(=O)Nc2ccccn2)CCC(C)C1. The Hall–Kier alpha value is -2.62. The lowest BCUT2D eigenvalue weighted by Crippen LogP contribution is -2.18. The van der Waals surface area contributed by atoms with Gasteiger partial charge in [0.2, 0.25) is 5.91 Å². The maximum Gasteiger partial charge on any atom is 0.227 e. The molecular weight excluding hydrogens is 322 g/mol.